The zero-order valence-corrected chi connectivity index (χ0v) is 12.4. The first-order valence-electron chi connectivity index (χ1n) is 6.48. The Morgan fingerprint density at radius 2 is 1.95 bits per heavy atom. The summed E-state index contributed by atoms with van der Waals surface area (Å²) in [6, 6.07) is 4.74. The van der Waals surface area contributed by atoms with Gasteiger partial charge in [-0.1, -0.05) is 13.0 Å². The van der Waals surface area contributed by atoms with Crippen molar-refractivity contribution in [1.29, 1.82) is 0 Å². The molecule has 0 aliphatic carbocycles. The lowest BCUT2D eigenvalue weighted by molar-refractivity contribution is -0.140. The van der Waals surface area contributed by atoms with Gasteiger partial charge in [-0.05, 0) is 48.2 Å². The Kier molecular flexibility index (Phi) is 4.68. The van der Waals surface area contributed by atoms with Crippen LogP contribution in [0.2, 0.25) is 0 Å². The summed E-state index contributed by atoms with van der Waals surface area (Å²) in [7, 11) is 0. The van der Waals surface area contributed by atoms with E-state index in [0.717, 1.165) is 22.6 Å². The van der Waals surface area contributed by atoms with Crippen molar-refractivity contribution < 1.29 is 17.6 Å². The van der Waals surface area contributed by atoms with Crippen LogP contribution in [-0.2, 0) is 6.18 Å². The number of hydrogen-bond donors (Lipinski definition) is 1. The van der Waals surface area contributed by atoms with Gasteiger partial charge in [0.1, 0.15) is 5.82 Å². The van der Waals surface area contributed by atoms with Gasteiger partial charge in [0.15, 0.2) is 0 Å². The molecule has 1 atom stereocenters. The van der Waals surface area contributed by atoms with Crippen LogP contribution < -0.4 is 5.32 Å². The van der Waals surface area contributed by atoms with Crippen LogP contribution in [0.4, 0.5) is 17.6 Å². The van der Waals surface area contributed by atoms with Gasteiger partial charge in [-0.15, -0.1) is 11.3 Å². The zero-order chi connectivity index (χ0) is 15.6. The first-order valence-corrected chi connectivity index (χ1v) is 7.36. The van der Waals surface area contributed by atoms with Crippen molar-refractivity contribution in [2.75, 3.05) is 6.54 Å². The van der Waals surface area contributed by atoms with Crippen LogP contribution in [-0.4, -0.2) is 6.54 Å². The Balaban J connectivity index is 2.43. The van der Waals surface area contributed by atoms with Gasteiger partial charge in [0, 0.05) is 4.88 Å². The fourth-order valence-electron chi connectivity index (χ4n) is 2.19. The molecule has 2 rings (SSSR count). The molecule has 0 saturated carbocycles. The molecular weight excluding hydrogens is 302 g/mol. The molecule has 0 radical (unpaired) electrons. The van der Waals surface area contributed by atoms with Crippen LogP contribution in [0.5, 0.6) is 0 Å². The van der Waals surface area contributed by atoms with Gasteiger partial charge >= 0.3 is 6.18 Å². The molecule has 0 amide bonds. The Morgan fingerprint density at radius 3 is 2.43 bits per heavy atom. The highest BCUT2D eigenvalue weighted by Crippen LogP contribution is 2.35. The average molecular weight is 317 g/mol. The summed E-state index contributed by atoms with van der Waals surface area (Å²) in [6.45, 7) is 4.46. The fourth-order valence-corrected chi connectivity index (χ4v) is 3.22. The molecule has 2 aromatic rings. The summed E-state index contributed by atoms with van der Waals surface area (Å²) in [5.41, 5.74) is 0.295. The minimum Gasteiger partial charge on any atom is -0.306 e. The molecule has 0 aliphatic heterocycles. The van der Waals surface area contributed by atoms with E-state index in [1.165, 1.54) is 17.4 Å². The van der Waals surface area contributed by atoms with Crippen molar-refractivity contribution in [3.8, 4) is 0 Å². The number of thiophene rings is 1. The maximum Gasteiger partial charge on any atom is 0.419 e. The Bertz CT molecular complexity index is 618. The third-order valence-electron chi connectivity index (χ3n) is 3.20. The topological polar surface area (TPSA) is 12.0 Å². The molecule has 1 aromatic carbocycles. The number of rotatable bonds is 4. The van der Waals surface area contributed by atoms with Crippen LogP contribution in [0.3, 0.4) is 0 Å². The molecule has 0 saturated heterocycles. The minimum atomic E-state index is -4.67. The van der Waals surface area contributed by atoms with Crippen LogP contribution in [0, 0.1) is 12.7 Å². The van der Waals surface area contributed by atoms with Gasteiger partial charge in [-0.2, -0.15) is 13.2 Å². The number of aryl methyl sites for hydroxylation is 1. The van der Waals surface area contributed by atoms with E-state index in [-0.39, 0.29) is 6.04 Å². The standard InChI is InChI=1S/C15H15F4NS/c1-3-20-13(14-9(2)6-7-21-14)10-4-5-11(12(16)8-10)15(17,18)19/h4-8,13,20H,3H2,1-2H3. The first kappa shape index (κ1) is 16.0. The van der Waals surface area contributed by atoms with Crippen LogP contribution >= 0.6 is 11.3 Å². The quantitative estimate of drug-likeness (QED) is 0.790. The highest BCUT2D eigenvalue weighted by Gasteiger charge is 2.34. The van der Waals surface area contributed by atoms with Crippen molar-refractivity contribution in [2.24, 2.45) is 0 Å². The Labute approximate surface area is 124 Å². The molecule has 21 heavy (non-hydrogen) atoms. The van der Waals surface area contributed by atoms with E-state index >= 15 is 0 Å². The van der Waals surface area contributed by atoms with Crippen molar-refractivity contribution in [3.05, 3.63) is 57.0 Å². The summed E-state index contributed by atoms with van der Waals surface area (Å²) in [4.78, 5) is 0.982. The van der Waals surface area contributed by atoms with E-state index in [4.69, 9.17) is 0 Å². The summed E-state index contributed by atoms with van der Waals surface area (Å²) in [6.07, 6.45) is -4.67. The van der Waals surface area contributed by atoms with E-state index < -0.39 is 17.6 Å². The highest BCUT2D eigenvalue weighted by atomic mass is 32.1. The molecule has 0 fully saturated rings. The maximum absolute atomic E-state index is 13.7. The fraction of sp³-hybridized carbons (Fsp3) is 0.333. The van der Waals surface area contributed by atoms with E-state index in [2.05, 4.69) is 5.32 Å². The minimum absolute atomic E-state index is 0.299. The second-order valence-electron chi connectivity index (χ2n) is 4.70. The molecule has 0 bridgehead atoms. The summed E-state index contributed by atoms with van der Waals surface area (Å²) < 4.78 is 51.6. The average Bonchev–Trinajstić information content (AvgIpc) is 2.80. The van der Waals surface area contributed by atoms with E-state index in [0.29, 0.717) is 12.1 Å². The van der Waals surface area contributed by atoms with Gasteiger partial charge < -0.3 is 5.32 Å². The normalized spacial score (nSPS) is 13.4. The molecule has 1 unspecified atom stereocenters. The monoisotopic (exact) mass is 317 g/mol. The number of nitrogens with one attached hydrogen (secondary N) is 1. The second kappa shape index (κ2) is 6.15. The zero-order valence-electron chi connectivity index (χ0n) is 11.6. The SMILES string of the molecule is CCNC(c1ccc(C(F)(F)F)c(F)c1)c1sccc1C. The first-order chi connectivity index (χ1) is 9.84. The van der Waals surface area contributed by atoms with Gasteiger partial charge in [0.25, 0.3) is 0 Å². The molecule has 1 aromatic heterocycles. The van der Waals surface area contributed by atoms with Gasteiger partial charge in [0.2, 0.25) is 0 Å². The van der Waals surface area contributed by atoms with Crippen LogP contribution in [0.25, 0.3) is 0 Å². The summed E-state index contributed by atoms with van der Waals surface area (Å²) >= 11 is 1.50. The molecule has 0 aliphatic rings. The maximum atomic E-state index is 13.7. The Morgan fingerprint density at radius 1 is 1.24 bits per heavy atom. The predicted octanol–water partition coefficient (Wildman–Crippen LogP) is 4.91. The van der Waals surface area contributed by atoms with Gasteiger partial charge in [0.05, 0.1) is 11.6 Å². The molecule has 0 spiro atoms. The van der Waals surface area contributed by atoms with Crippen molar-refractivity contribution in [3.63, 3.8) is 0 Å². The molecule has 1 nitrogen and oxygen atoms in total. The van der Waals surface area contributed by atoms with E-state index in [1.807, 2.05) is 25.3 Å². The van der Waals surface area contributed by atoms with Crippen molar-refractivity contribution >= 4 is 11.3 Å². The van der Waals surface area contributed by atoms with Crippen LogP contribution in [0.1, 0.15) is 34.5 Å². The third-order valence-corrected chi connectivity index (χ3v) is 4.29. The number of alkyl halides is 3. The summed E-state index contributed by atoms with van der Waals surface area (Å²) in [5, 5.41) is 5.10. The van der Waals surface area contributed by atoms with Crippen molar-refractivity contribution in [2.45, 2.75) is 26.1 Å². The smallest absolute Gasteiger partial charge is 0.306 e. The van der Waals surface area contributed by atoms with Crippen molar-refractivity contribution in [1.82, 2.24) is 5.32 Å². The van der Waals surface area contributed by atoms with E-state index in [1.54, 1.807) is 0 Å². The van der Waals surface area contributed by atoms with E-state index in [9.17, 15) is 17.6 Å². The predicted molar refractivity (Wildman–Crippen MR) is 76.0 cm³/mol. The number of halogens is 4. The number of benzene rings is 1. The highest BCUT2D eigenvalue weighted by molar-refractivity contribution is 7.10. The molecule has 1 N–H and O–H groups in total. The lowest BCUT2D eigenvalue weighted by atomic mass is 10.0. The molecule has 1 heterocycles. The molecule has 114 valence electrons. The second-order valence-corrected chi connectivity index (χ2v) is 5.64. The van der Waals surface area contributed by atoms with Gasteiger partial charge in [-0.25, -0.2) is 4.39 Å². The number of hydrogen-bond acceptors (Lipinski definition) is 2. The molecule has 6 heteroatoms. The Hall–Kier alpha value is -1.40. The van der Waals surface area contributed by atoms with Gasteiger partial charge in [-0.3, -0.25) is 0 Å². The summed E-state index contributed by atoms with van der Waals surface area (Å²) in [5.74, 6) is -1.24. The molecular formula is C15H15F4NS. The van der Waals surface area contributed by atoms with Crippen LogP contribution in [0.15, 0.2) is 29.6 Å². The lowest BCUT2D eigenvalue weighted by Gasteiger charge is -2.19. The largest absolute Gasteiger partial charge is 0.419 e. The lowest BCUT2D eigenvalue weighted by Crippen LogP contribution is -2.22. The third kappa shape index (κ3) is 3.44.